The summed E-state index contributed by atoms with van der Waals surface area (Å²) in [5.74, 6) is 1.38. The first kappa shape index (κ1) is 25.6. The molecule has 0 aliphatic carbocycles. The molecule has 0 bridgehead atoms. The lowest BCUT2D eigenvalue weighted by Gasteiger charge is -2.22. The van der Waals surface area contributed by atoms with Gasteiger partial charge in [0.05, 0.1) is 11.0 Å². The van der Waals surface area contributed by atoms with Crippen LogP contribution in [0.25, 0.3) is 11.0 Å². The van der Waals surface area contributed by atoms with E-state index < -0.39 is 0 Å². The van der Waals surface area contributed by atoms with Crippen LogP contribution >= 0.6 is 11.6 Å². The third kappa shape index (κ3) is 7.22. The standard InChI is InChI=1S/C26H33ClN4O3/c1-3-16-30(17-4-2)26(33)18-31-23-9-6-5-8-22(23)29-24(31)10-7-15-28-25(32)19-34-21-13-11-20(27)12-14-21/h5-6,8-9,11-14H,3-4,7,10,15-19H2,1-2H3,(H,28,32). The van der Waals surface area contributed by atoms with Crippen molar-refractivity contribution in [2.75, 3.05) is 26.2 Å². The number of nitrogens with one attached hydrogen (secondary N) is 1. The summed E-state index contributed by atoms with van der Waals surface area (Å²) in [6, 6.07) is 14.8. The van der Waals surface area contributed by atoms with Crippen LogP contribution in [-0.4, -0.2) is 52.5 Å². The minimum atomic E-state index is -0.187. The number of hydrogen-bond acceptors (Lipinski definition) is 4. The van der Waals surface area contributed by atoms with Crippen LogP contribution < -0.4 is 10.1 Å². The van der Waals surface area contributed by atoms with E-state index in [1.54, 1.807) is 24.3 Å². The van der Waals surface area contributed by atoms with E-state index in [0.717, 1.165) is 42.8 Å². The Hall–Kier alpha value is -3.06. The number of ether oxygens (including phenoxy) is 1. The molecule has 182 valence electrons. The predicted molar refractivity (Wildman–Crippen MR) is 135 cm³/mol. The van der Waals surface area contributed by atoms with Crippen molar-refractivity contribution in [3.8, 4) is 5.75 Å². The normalized spacial score (nSPS) is 10.9. The molecule has 1 heterocycles. The minimum Gasteiger partial charge on any atom is -0.484 e. The monoisotopic (exact) mass is 484 g/mol. The molecular weight excluding hydrogens is 452 g/mol. The zero-order valence-corrected chi connectivity index (χ0v) is 20.7. The largest absolute Gasteiger partial charge is 0.484 e. The van der Waals surface area contributed by atoms with Crippen LogP contribution in [0.5, 0.6) is 5.75 Å². The van der Waals surface area contributed by atoms with Crippen molar-refractivity contribution in [3.63, 3.8) is 0 Å². The van der Waals surface area contributed by atoms with Gasteiger partial charge >= 0.3 is 0 Å². The summed E-state index contributed by atoms with van der Waals surface area (Å²) in [5.41, 5.74) is 1.84. The Bertz CT molecular complexity index is 1080. The van der Waals surface area contributed by atoms with Gasteiger partial charge in [0, 0.05) is 31.1 Å². The van der Waals surface area contributed by atoms with Gasteiger partial charge < -0.3 is 19.5 Å². The second-order valence-corrected chi connectivity index (χ2v) is 8.62. The van der Waals surface area contributed by atoms with Gasteiger partial charge in [0.15, 0.2) is 6.61 Å². The van der Waals surface area contributed by atoms with Gasteiger partial charge in [-0.2, -0.15) is 0 Å². The Labute approximate surface area is 206 Å². The molecule has 0 saturated heterocycles. The third-order valence-electron chi connectivity index (χ3n) is 5.45. The van der Waals surface area contributed by atoms with Crippen molar-refractivity contribution in [1.29, 1.82) is 0 Å². The molecular formula is C26H33ClN4O3. The maximum Gasteiger partial charge on any atom is 0.257 e. The summed E-state index contributed by atoms with van der Waals surface area (Å²) < 4.78 is 7.49. The number of imidazole rings is 1. The summed E-state index contributed by atoms with van der Waals surface area (Å²) >= 11 is 5.85. The fourth-order valence-corrected chi connectivity index (χ4v) is 3.96. The number of carbonyl (C=O) groups is 2. The van der Waals surface area contributed by atoms with Crippen molar-refractivity contribution in [1.82, 2.24) is 19.8 Å². The maximum absolute atomic E-state index is 13.0. The van der Waals surface area contributed by atoms with Gasteiger partial charge in [-0.25, -0.2) is 4.98 Å². The highest BCUT2D eigenvalue weighted by atomic mass is 35.5. The average Bonchev–Trinajstić information content (AvgIpc) is 3.18. The number of halogens is 1. The summed E-state index contributed by atoms with van der Waals surface area (Å²) in [5, 5.41) is 3.50. The molecule has 2 aromatic carbocycles. The van der Waals surface area contributed by atoms with E-state index in [1.807, 2.05) is 33.7 Å². The highest BCUT2D eigenvalue weighted by molar-refractivity contribution is 6.30. The first-order valence-corrected chi connectivity index (χ1v) is 12.3. The number of hydrogen-bond donors (Lipinski definition) is 1. The Morgan fingerprint density at radius 1 is 1.06 bits per heavy atom. The second-order valence-electron chi connectivity index (χ2n) is 8.18. The Morgan fingerprint density at radius 3 is 2.47 bits per heavy atom. The highest BCUT2D eigenvalue weighted by Gasteiger charge is 2.17. The van der Waals surface area contributed by atoms with E-state index in [1.165, 1.54) is 0 Å². The Balaban J connectivity index is 1.56. The molecule has 1 N–H and O–H groups in total. The molecule has 0 spiro atoms. The maximum atomic E-state index is 13.0. The van der Waals surface area contributed by atoms with Crippen molar-refractivity contribution >= 4 is 34.4 Å². The zero-order chi connectivity index (χ0) is 24.3. The lowest BCUT2D eigenvalue weighted by atomic mass is 10.2. The smallest absolute Gasteiger partial charge is 0.257 e. The summed E-state index contributed by atoms with van der Waals surface area (Å²) in [6.45, 7) is 6.41. The SMILES string of the molecule is CCCN(CCC)C(=O)Cn1c(CCCNC(=O)COc2ccc(Cl)cc2)nc2ccccc21. The molecule has 34 heavy (non-hydrogen) atoms. The molecule has 0 aliphatic heterocycles. The van der Waals surface area contributed by atoms with Crippen LogP contribution in [0.3, 0.4) is 0 Å². The van der Waals surface area contributed by atoms with Crippen molar-refractivity contribution in [2.24, 2.45) is 0 Å². The van der Waals surface area contributed by atoms with Crippen LogP contribution in [0.1, 0.15) is 38.9 Å². The number of aromatic nitrogens is 2. The van der Waals surface area contributed by atoms with Gasteiger partial charge in [-0.1, -0.05) is 37.6 Å². The molecule has 0 atom stereocenters. The van der Waals surface area contributed by atoms with Gasteiger partial charge in [0.1, 0.15) is 18.1 Å². The van der Waals surface area contributed by atoms with E-state index in [2.05, 4.69) is 19.2 Å². The van der Waals surface area contributed by atoms with Gasteiger partial charge in [-0.15, -0.1) is 0 Å². The lowest BCUT2D eigenvalue weighted by molar-refractivity contribution is -0.132. The number of para-hydroxylation sites is 2. The number of carbonyl (C=O) groups excluding carboxylic acids is 2. The van der Waals surface area contributed by atoms with Gasteiger partial charge in [0.2, 0.25) is 5.91 Å². The van der Waals surface area contributed by atoms with Crippen molar-refractivity contribution in [2.45, 2.75) is 46.1 Å². The number of amides is 2. The number of aryl methyl sites for hydroxylation is 1. The van der Waals surface area contributed by atoms with E-state index in [4.69, 9.17) is 21.3 Å². The van der Waals surface area contributed by atoms with Crippen LogP contribution in [0.4, 0.5) is 0 Å². The molecule has 0 radical (unpaired) electrons. The topological polar surface area (TPSA) is 76.5 Å². The van der Waals surface area contributed by atoms with Gasteiger partial charge in [0.25, 0.3) is 5.91 Å². The quantitative estimate of drug-likeness (QED) is 0.363. The van der Waals surface area contributed by atoms with E-state index in [-0.39, 0.29) is 25.0 Å². The molecule has 3 aromatic rings. The molecule has 0 saturated carbocycles. The molecule has 7 nitrogen and oxygen atoms in total. The van der Waals surface area contributed by atoms with Crippen molar-refractivity contribution < 1.29 is 14.3 Å². The van der Waals surface area contributed by atoms with E-state index in [0.29, 0.717) is 30.2 Å². The number of fused-ring (bicyclic) bond motifs is 1. The fourth-order valence-electron chi connectivity index (χ4n) is 3.83. The molecule has 0 aliphatic rings. The number of rotatable bonds is 13. The third-order valence-corrected chi connectivity index (χ3v) is 5.70. The lowest BCUT2D eigenvalue weighted by Crippen LogP contribution is -2.35. The number of nitrogens with zero attached hydrogens (tertiary/aromatic N) is 3. The van der Waals surface area contributed by atoms with Gasteiger partial charge in [-0.3, -0.25) is 9.59 Å². The molecule has 0 fully saturated rings. The van der Waals surface area contributed by atoms with E-state index >= 15 is 0 Å². The summed E-state index contributed by atoms with van der Waals surface area (Å²) in [4.78, 5) is 31.8. The number of benzene rings is 2. The molecule has 8 heteroatoms. The summed E-state index contributed by atoms with van der Waals surface area (Å²) in [6.07, 6.45) is 3.23. The van der Waals surface area contributed by atoms with Crippen LogP contribution in [-0.2, 0) is 22.6 Å². The molecule has 1 aromatic heterocycles. The average molecular weight is 485 g/mol. The first-order valence-electron chi connectivity index (χ1n) is 11.9. The van der Waals surface area contributed by atoms with E-state index in [9.17, 15) is 9.59 Å². The van der Waals surface area contributed by atoms with Crippen LogP contribution in [0.2, 0.25) is 5.02 Å². The Kier molecular flexibility index (Phi) is 9.76. The molecule has 0 unspecified atom stereocenters. The van der Waals surface area contributed by atoms with Gasteiger partial charge in [-0.05, 0) is 55.7 Å². The highest BCUT2D eigenvalue weighted by Crippen LogP contribution is 2.18. The zero-order valence-electron chi connectivity index (χ0n) is 19.9. The van der Waals surface area contributed by atoms with Crippen molar-refractivity contribution in [3.05, 3.63) is 59.4 Å². The minimum absolute atomic E-state index is 0.0562. The predicted octanol–water partition coefficient (Wildman–Crippen LogP) is 4.47. The fraction of sp³-hybridized carbons (Fsp3) is 0.423. The summed E-state index contributed by atoms with van der Waals surface area (Å²) in [7, 11) is 0. The second kappa shape index (κ2) is 13.0. The Morgan fingerprint density at radius 2 is 1.76 bits per heavy atom. The first-order chi connectivity index (χ1) is 16.5. The van der Waals surface area contributed by atoms with Crippen LogP contribution in [0.15, 0.2) is 48.5 Å². The van der Waals surface area contributed by atoms with Crippen LogP contribution in [0, 0.1) is 0 Å². The molecule has 3 rings (SSSR count). The molecule has 2 amide bonds.